The predicted octanol–water partition coefficient (Wildman–Crippen LogP) is 1.69. The number of halogens is 1. The second-order valence-corrected chi connectivity index (χ2v) is 4.72. The van der Waals surface area contributed by atoms with E-state index in [-0.39, 0.29) is 24.1 Å². The van der Waals surface area contributed by atoms with Crippen molar-refractivity contribution < 1.29 is 18.7 Å². The summed E-state index contributed by atoms with van der Waals surface area (Å²) in [7, 11) is 4.65. The van der Waals surface area contributed by atoms with E-state index in [4.69, 9.17) is 9.47 Å². The smallest absolute Gasteiger partial charge is 0.258 e. The van der Waals surface area contributed by atoms with Crippen molar-refractivity contribution in [2.24, 2.45) is 7.05 Å². The highest BCUT2D eigenvalue weighted by atomic mass is 19.1. The lowest BCUT2D eigenvalue weighted by atomic mass is 10.1. The first kappa shape index (κ1) is 16.0. The maximum absolute atomic E-state index is 13.3. The van der Waals surface area contributed by atoms with Gasteiger partial charge in [-0.1, -0.05) is 12.1 Å². The molecule has 0 fully saturated rings. The topological polar surface area (TPSA) is 65.4 Å². The SMILES string of the molecule is COc1nn(C)cc1C(=O)NC[C@H](OC)c1cccc(F)c1. The minimum atomic E-state index is -0.442. The van der Waals surface area contributed by atoms with Gasteiger partial charge in [0.25, 0.3) is 5.91 Å². The van der Waals surface area contributed by atoms with Crippen molar-refractivity contribution in [1.82, 2.24) is 15.1 Å². The van der Waals surface area contributed by atoms with Crippen LogP contribution >= 0.6 is 0 Å². The average molecular weight is 307 g/mol. The van der Waals surface area contributed by atoms with Crippen LogP contribution in [0.3, 0.4) is 0 Å². The lowest BCUT2D eigenvalue weighted by Gasteiger charge is -2.16. The molecule has 6 nitrogen and oxygen atoms in total. The zero-order valence-corrected chi connectivity index (χ0v) is 12.7. The van der Waals surface area contributed by atoms with Crippen molar-refractivity contribution in [3.63, 3.8) is 0 Å². The maximum Gasteiger partial charge on any atom is 0.258 e. The van der Waals surface area contributed by atoms with Crippen LogP contribution in [0, 0.1) is 5.82 Å². The molecule has 0 aliphatic rings. The summed E-state index contributed by atoms with van der Waals surface area (Å²) in [6.07, 6.45) is 1.13. The Kier molecular flexibility index (Phi) is 5.11. The number of carbonyl (C=O) groups is 1. The van der Waals surface area contributed by atoms with E-state index >= 15 is 0 Å². The van der Waals surface area contributed by atoms with Crippen molar-refractivity contribution in [2.45, 2.75) is 6.10 Å². The largest absolute Gasteiger partial charge is 0.479 e. The number of amides is 1. The second-order valence-electron chi connectivity index (χ2n) is 4.72. The third kappa shape index (κ3) is 3.62. The quantitative estimate of drug-likeness (QED) is 0.882. The van der Waals surface area contributed by atoms with E-state index < -0.39 is 6.10 Å². The number of nitrogens with one attached hydrogen (secondary N) is 1. The van der Waals surface area contributed by atoms with Crippen molar-refractivity contribution in [3.8, 4) is 5.88 Å². The molecule has 0 spiro atoms. The first-order valence-electron chi connectivity index (χ1n) is 6.69. The summed E-state index contributed by atoms with van der Waals surface area (Å²) in [5, 5.41) is 6.76. The summed E-state index contributed by atoms with van der Waals surface area (Å²) in [6, 6.07) is 6.08. The molecule has 1 atom stereocenters. The van der Waals surface area contributed by atoms with Crippen LogP contribution in [-0.2, 0) is 11.8 Å². The van der Waals surface area contributed by atoms with Gasteiger partial charge in [-0.25, -0.2) is 4.39 Å². The second kappa shape index (κ2) is 7.04. The highest BCUT2D eigenvalue weighted by Crippen LogP contribution is 2.18. The lowest BCUT2D eigenvalue weighted by molar-refractivity contribution is 0.0825. The van der Waals surface area contributed by atoms with Crippen LogP contribution in [0.4, 0.5) is 4.39 Å². The number of hydrogen-bond donors (Lipinski definition) is 1. The Morgan fingerprint density at radius 3 is 2.86 bits per heavy atom. The molecule has 1 aromatic heterocycles. The molecule has 7 heteroatoms. The van der Waals surface area contributed by atoms with Crippen LogP contribution in [0.1, 0.15) is 22.0 Å². The molecular weight excluding hydrogens is 289 g/mol. The van der Waals surface area contributed by atoms with Crippen LogP contribution in [0.15, 0.2) is 30.5 Å². The number of ether oxygens (including phenoxy) is 2. The van der Waals surface area contributed by atoms with Crippen LogP contribution in [0.25, 0.3) is 0 Å². The summed E-state index contributed by atoms with van der Waals surface area (Å²) in [4.78, 5) is 12.2. The Hall–Kier alpha value is -2.41. The molecule has 1 aromatic carbocycles. The molecule has 1 heterocycles. The third-order valence-corrected chi connectivity index (χ3v) is 3.19. The van der Waals surface area contributed by atoms with E-state index in [0.29, 0.717) is 11.1 Å². The van der Waals surface area contributed by atoms with Crippen LogP contribution in [0.2, 0.25) is 0 Å². The molecule has 22 heavy (non-hydrogen) atoms. The fourth-order valence-electron chi connectivity index (χ4n) is 2.10. The fourth-order valence-corrected chi connectivity index (χ4v) is 2.10. The van der Waals surface area contributed by atoms with Crippen LogP contribution in [0.5, 0.6) is 5.88 Å². The van der Waals surface area contributed by atoms with Gasteiger partial charge in [0, 0.05) is 26.9 Å². The highest BCUT2D eigenvalue weighted by Gasteiger charge is 2.18. The normalized spacial score (nSPS) is 12.0. The number of carbonyl (C=O) groups excluding carboxylic acids is 1. The fraction of sp³-hybridized carbons (Fsp3) is 0.333. The molecule has 118 valence electrons. The third-order valence-electron chi connectivity index (χ3n) is 3.19. The first-order chi connectivity index (χ1) is 10.5. The summed E-state index contributed by atoms with van der Waals surface area (Å²) in [6.45, 7) is 0.205. The summed E-state index contributed by atoms with van der Waals surface area (Å²) in [5.41, 5.74) is 0.986. The van der Waals surface area contributed by atoms with Gasteiger partial charge >= 0.3 is 0 Å². The van der Waals surface area contributed by atoms with E-state index in [2.05, 4.69) is 10.4 Å². The van der Waals surface area contributed by atoms with Gasteiger partial charge < -0.3 is 14.8 Å². The number of benzene rings is 1. The molecular formula is C15H18FN3O3. The molecule has 1 amide bonds. The Labute approximate surface area is 127 Å². The van der Waals surface area contributed by atoms with E-state index in [1.54, 1.807) is 25.4 Å². The number of rotatable bonds is 6. The molecule has 0 saturated carbocycles. The summed E-state index contributed by atoms with van der Waals surface area (Å²) < 4.78 is 25.1. The van der Waals surface area contributed by atoms with Crippen molar-refractivity contribution in [2.75, 3.05) is 20.8 Å². The molecule has 0 bridgehead atoms. The number of nitrogens with zero attached hydrogens (tertiary/aromatic N) is 2. The van der Waals surface area contributed by atoms with Gasteiger partial charge in [-0.2, -0.15) is 0 Å². The van der Waals surface area contributed by atoms with Crippen LogP contribution in [-0.4, -0.2) is 36.5 Å². The zero-order chi connectivity index (χ0) is 16.1. The van der Waals surface area contributed by atoms with E-state index in [1.807, 2.05) is 0 Å². The molecule has 2 aromatic rings. The Bertz CT molecular complexity index is 657. The monoisotopic (exact) mass is 307 g/mol. The van der Waals surface area contributed by atoms with Gasteiger partial charge in [-0.05, 0) is 17.7 Å². The van der Waals surface area contributed by atoms with Gasteiger partial charge in [0.1, 0.15) is 11.4 Å². The molecule has 1 N–H and O–H groups in total. The summed E-state index contributed by atoms with van der Waals surface area (Å²) in [5.74, 6) is -0.428. The van der Waals surface area contributed by atoms with E-state index in [1.165, 1.54) is 31.0 Å². The van der Waals surface area contributed by atoms with Crippen molar-refractivity contribution in [1.29, 1.82) is 0 Å². The van der Waals surface area contributed by atoms with E-state index in [9.17, 15) is 9.18 Å². The summed E-state index contributed by atoms with van der Waals surface area (Å²) >= 11 is 0. The van der Waals surface area contributed by atoms with Gasteiger partial charge in [-0.3, -0.25) is 9.48 Å². The Balaban J connectivity index is 2.05. The maximum atomic E-state index is 13.3. The molecule has 0 saturated heterocycles. The van der Waals surface area contributed by atoms with Crippen molar-refractivity contribution >= 4 is 5.91 Å². The number of hydrogen-bond acceptors (Lipinski definition) is 4. The molecule has 0 aliphatic carbocycles. The van der Waals surface area contributed by atoms with Crippen LogP contribution < -0.4 is 10.1 Å². The van der Waals surface area contributed by atoms with Gasteiger partial charge in [0.05, 0.1) is 13.2 Å². The molecule has 2 rings (SSSR count). The van der Waals surface area contributed by atoms with Gasteiger partial charge in [0.15, 0.2) is 0 Å². The average Bonchev–Trinajstić information content (AvgIpc) is 2.89. The Morgan fingerprint density at radius 1 is 1.45 bits per heavy atom. The van der Waals surface area contributed by atoms with Gasteiger partial charge in [-0.15, -0.1) is 5.10 Å². The standard InChI is InChI=1S/C15H18FN3O3/c1-19-9-12(15(18-19)22-3)14(20)17-8-13(21-2)10-5-4-6-11(16)7-10/h4-7,9,13H,8H2,1-3H3,(H,17,20)/t13-/m0/s1. The highest BCUT2D eigenvalue weighted by molar-refractivity contribution is 5.96. The lowest BCUT2D eigenvalue weighted by Crippen LogP contribution is -2.29. The minimum absolute atomic E-state index is 0.205. The molecule has 0 aliphatic heterocycles. The van der Waals surface area contributed by atoms with E-state index in [0.717, 1.165) is 0 Å². The zero-order valence-electron chi connectivity index (χ0n) is 12.7. The first-order valence-corrected chi connectivity index (χ1v) is 6.69. The van der Waals surface area contributed by atoms with Crippen molar-refractivity contribution in [3.05, 3.63) is 47.4 Å². The minimum Gasteiger partial charge on any atom is -0.479 e. The molecule has 0 unspecified atom stereocenters. The number of aryl methyl sites for hydroxylation is 1. The Morgan fingerprint density at radius 2 is 2.23 bits per heavy atom. The number of methoxy groups -OCH3 is 2. The molecule has 0 radical (unpaired) electrons. The van der Waals surface area contributed by atoms with Gasteiger partial charge in [0.2, 0.25) is 5.88 Å². The predicted molar refractivity (Wildman–Crippen MR) is 78.2 cm³/mol. The number of aromatic nitrogens is 2.